The number of aryl methyl sites for hydroxylation is 1. The molecule has 1 heterocycles. The Morgan fingerprint density at radius 1 is 1.28 bits per heavy atom. The first-order chi connectivity index (χ1) is 8.31. The Bertz CT molecular complexity index is 505. The van der Waals surface area contributed by atoms with Crippen molar-refractivity contribution in [1.82, 2.24) is 14.7 Å². The predicted molar refractivity (Wildman–Crippen MR) is 70.9 cm³/mol. The van der Waals surface area contributed by atoms with E-state index in [1.165, 1.54) is 0 Å². The SMILES string of the molecule is CCc1nn(CCN(C)C)c(CC)c1S(N)(=O)=O. The smallest absolute Gasteiger partial charge is 0.241 e. The zero-order valence-electron chi connectivity index (χ0n) is 11.5. The highest BCUT2D eigenvalue weighted by molar-refractivity contribution is 7.89. The van der Waals surface area contributed by atoms with E-state index in [0.29, 0.717) is 30.8 Å². The molecular formula is C11H22N4O2S. The molecule has 0 spiro atoms. The van der Waals surface area contributed by atoms with Crippen LogP contribution in [0.4, 0.5) is 0 Å². The van der Waals surface area contributed by atoms with E-state index in [1.54, 1.807) is 4.68 Å². The second-order valence-electron chi connectivity index (χ2n) is 4.50. The molecule has 1 aromatic heterocycles. The van der Waals surface area contributed by atoms with Gasteiger partial charge < -0.3 is 4.90 Å². The molecule has 6 nitrogen and oxygen atoms in total. The molecule has 7 heteroatoms. The number of primary sulfonamides is 1. The standard InChI is InChI=1S/C11H22N4O2S/c1-5-9-11(18(12,16)17)10(6-2)15(13-9)8-7-14(3)4/h5-8H2,1-4H3,(H2,12,16,17). The minimum Gasteiger partial charge on any atom is -0.308 e. The van der Waals surface area contributed by atoms with Crippen LogP contribution in [0.3, 0.4) is 0 Å². The van der Waals surface area contributed by atoms with Crippen molar-refractivity contribution in [3.05, 3.63) is 11.4 Å². The van der Waals surface area contributed by atoms with Crippen LogP contribution < -0.4 is 5.14 Å². The molecule has 0 bridgehead atoms. The molecule has 0 fully saturated rings. The van der Waals surface area contributed by atoms with Gasteiger partial charge in [0.05, 0.1) is 17.9 Å². The lowest BCUT2D eigenvalue weighted by Gasteiger charge is -2.11. The third kappa shape index (κ3) is 3.30. The van der Waals surface area contributed by atoms with Crippen molar-refractivity contribution < 1.29 is 8.42 Å². The summed E-state index contributed by atoms with van der Waals surface area (Å²) in [5.41, 5.74) is 1.27. The Labute approximate surface area is 109 Å². The maximum Gasteiger partial charge on any atom is 0.241 e. The molecule has 0 aromatic carbocycles. The summed E-state index contributed by atoms with van der Waals surface area (Å²) in [6, 6.07) is 0. The lowest BCUT2D eigenvalue weighted by atomic mass is 10.2. The molecule has 0 radical (unpaired) electrons. The van der Waals surface area contributed by atoms with Crippen molar-refractivity contribution in [2.75, 3.05) is 20.6 Å². The first-order valence-corrected chi connectivity index (χ1v) is 7.61. The van der Waals surface area contributed by atoms with Gasteiger partial charge in [-0.3, -0.25) is 4.68 Å². The Morgan fingerprint density at radius 2 is 1.89 bits per heavy atom. The van der Waals surface area contributed by atoms with Crippen LogP contribution in [0.2, 0.25) is 0 Å². The van der Waals surface area contributed by atoms with Crippen molar-refractivity contribution >= 4 is 10.0 Å². The lowest BCUT2D eigenvalue weighted by Crippen LogP contribution is -2.21. The summed E-state index contributed by atoms with van der Waals surface area (Å²) >= 11 is 0. The van der Waals surface area contributed by atoms with Crippen molar-refractivity contribution in [1.29, 1.82) is 0 Å². The fourth-order valence-electron chi connectivity index (χ4n) is 1.92. The largest absolute Gasteiger partial charge is 0.308 e. The fourth-order valence-corrected chi connectivity index (χ4v) is 3.01. The van der Waals surface area contributed by atoms with E-state index >= 15 is 0 Å². The summed E-state index contributed by atoms with van der Waals surface area (Å²) < 4.78 is 25.1. The van der Waals surface area contributed by atoms with Gasteiger partial charge in [0, 0.05) is 6.54 Å². The van der Waals surface area contributed by atoms with Gasteiger partial charge in [-0.2, -0.15) is 5.10 Å². The zero-order chi connectivity index (χ0) is 13.9. The molecule has 2 N–H and O–H groups in total. The average molecular weight is 274 g/mol. The molecule has 1 rings (SSSR count). The van der Waals surface area contributed by atoms with Crippen LogP contribution in [0, 0.1) is 0 Å². The van der Waals surface area contributed by atoms with Crippen LogP contribution in [0.25, 0.3) is 0 Å². The minimum atomic E-state index is -3.70. The molecule has 0 saturated carbocycles. The number of aromatic nitrogens is 2. The molecule has 104 valence electrons. The average Bonchev–Trinajstić information content (AvgIpc) is 2.63. The highest BCUT2D eigenvalue weighted by Gasteiger charge is 2.23. The van der Waals surface area contributed by atoms with Crippen molar-refractivity contribution in [3.63, 3.8) is 0 Å². The second-order valence-corrected chi connectivity index (χ2v) is 6.00. The third-order valence-corrected chi connectivity index (χ3v) is 3.83. The lowest BCUT2D eigenvalue weighted by molar-refractivity contribution is 0.368. The summed E-state index contributed by atoms with van der Waals surface area (Å²) in [5, 5.41) is 9.66. The van der Waals surface area contributed by atoms with E-state index < -0.39 is 10.0 Å². The number of nitrogens with two attached hydrogens (primary N) is 1. The van der Waals surface area contributed by atoms with Gasteiger partial charge in [0.25, 0.3) is 0 Å². The molecule has 0 amide bonds. The minimum absolute atomic E-state index is 0.214. The van der Waals surface area contributed by atoms with Crippen LogP contribution in [-0.4, -0.2) is 43.7 Å². The predicted octanol–water partition coefficient (Wildman–Crippen LogP) is 0.217. The van der Waals surface area contributed by atoms with Crippen LogP contribution in [-0.2, 0) is 29.4 Å². The molecule has 0 aliphatic heterocycles. The maximum atomic E-state index is 11.7. The molecule has 1 aromatic rings. The van der Waals surface area contributed by atoms with Gasteiger partial charge >= 0.3 is 0 Å². The number of hydrogen-bond acceptors (Lipinski definition) is 4. The monoisotopic (exact) mass is 274 g/mol. The van der Waals surface area contributed by atoms with Gasteiger partial charge in [0.2, 0.25) is 10.0 Å². The number of hydrogen-bond donors (Lipinski definition) is 1. The topological polar surface area (TPSA) is 81.2 Å². The fraction of sp³-hybridized carbons (Fsp3) is 0.727. The van der Waals surface area contributed by atoms with E-state index in [0.717, 1.165) is 6.54 Å². The first-order valence-electron chi connectivity index (χ1n) is 6.07. The Hall–Kier alpha value is -0.920. The quantitative estimate of drug-likeness (QED) is 0.804. The Balaban J connectivity index is 3.25. The number of nitrogens with zero attached hydrogens (tertiary/aromatic N) is 3. The molecule has 0 aliphatic carbocycles. The number of sulfonamides is 1. The molecule has 0 atom stereocenters. The van der Waals surface area contributed by atoms with Crippen LogP contribution in [0.1, 0.15) is 25.2 Å². The van der Waals surface area contributed by atoms with Gasteiger partial charge in [0.15, 0.2) is 0 Å². The van der Waals surface area contributed by atoms with Gasteiger partial charge in [-0.05, 0) is 26.9 Å². The van der Waals surface area contributed by atoms with Crippen molar-refractivity contribution in [2.45, 2.75) is 38.1 Å². The highest BCUT2D eigenvalue weighted by atomic mass is 32.2. The van der Waals surface area contributed by atoms with E-state index in [9.17, 15) is 8.42 Å². The van der Waals surface area contributed by atoms with Gasteiger partial charge in [-0.1, -0.05) is 13.8 Å². The summed E-state index contributed by atoms with van der Waals surface area (Å²) in [7, 11) is 0.234. The first kappa shape index (κ1) is 15.1. The Kier molecular flexibility index (Phi) is 4.89. The molecule has 0 saturated heterocycles. The summed E-state index contributed by atoms with van der Waals surface area (Å²) in [6.07, 6.45) is 1.17. The van der Waals surface area contributed by atoms with Crippen LogP contribution in [0.15, 0.2) is 4.90 Å². The van der Waals surface area contributed by atoms with Crippen LogP contribution >= 0.6 is 0 Å². The second kappa shape index (κ2) is 5.81. The van der Waals surface area contributed by atoms with Crippen molar-refractivity contribution in [2.24, 2.45) is 5.14 Å². The van der Waals surface area contributed by atoms with E-state index in [4.69, 9.17) is 5.14 Å². The van der Waals surface area contributed by atoms with Crippen molar-refractivity contribution in [3.8, 4) is 0 Å². The maximum absolute atomic E-state index is 11.7. The number of rotatable bonds is 6. The number of likely N-dealkylation sites (N-methyl/N-ethyl adjacent to an activating group) is 1. The van der Waals surface area contributed by atoms with Crippen LogP contribution in [0.5, 0.6) is 0 Å². The van der Waals surface area contributed by atoms with Gasteiger partial charge in [-0.15, -0.1) is 0 Å². The summed E-state index contributed by atoms with van der Waals surface area (Å²) in [4.78, 5) is 2.25. The summed E-state index contributed by atoms with van der Waals surface area (Å²) in [6.45, 7) is 5.27. The van der Waals surface area contributed by atoms with Gasteiger partial charge in [0.1, 0.15) is 4.90 Å². The van der Waals surface area contributed by atoms with E-state index in [1.807, 2.05) is 32.8 Å². The third-order valence-electron chi connectivity index (χ3n) is 2.79. The normalized spacial score (nSPS) is 12.3. The summed E-state index contributed by atoms with van der Waals surface area (Å²) in [5.74, 6) is 0. The molecular weight excluding hydrogens is 252 g/mol. The molecule has 0 aliphatic rings. The molecule has 18 heavy (non-hydrogen) atoms. The zero-order valence-corrected chi connectivity index (χ0v) is 12.3. The Morgan fingerprint density at radius 3 is 2.28 bits per heavy atom. The molecule has 0 unspecified atom stereocenters. The van der Waals surface area contributed by atoms with E-state index in [2.05, 4.69) is 5.10 Å². The van der Waals surface area contributed by atoms with Gasteiger partial charge in [-0.25, -0.2) is 13.6 Å². The highest BCUT2D eigenvalue weighted by Crippen LogP contribution is 2.20. The van der Waals surface area contributed by atoms with E-state index in [-0.39, 0.29) is 4.90 Å².